The summed E-state index contributed by atoms with van der Waals surface area (Å²) >= 11 is 0. The lowest BCUT2D eigenvalue weighted by atomic mass is 10.1. The lowest BCUT2D eigenvalue weighted by molar-refractivity contribution is 0.103. The molecule has 2 aliphatic carbocycles. The molecule has 0 radical (unpaired) electrons. The van der Waals surface area contributed by atoms with Crippen LogP contribution < -0.4 is 5.32 Å². The van der Waals surface area contributed by atoms with Crippen LogP contribution in [0.1, 0.15) is 38.5 Å². The summed E-state index contributed by atoms with van der Waals surface area (Å²) in [5.41, 5.74) is 0. The molecule has 2 N–H and O–H groups in total. The van der Waals surface area contributed by atoms with E-state index in [9.17, 15) is 5.11 Å². The molecule has 0 saturated heterocycles. The summed E-state index contributed by atoms with van der Waals surface area (Å²) < 4.78 is 5.33. The summed E-state index contributed by atoms with van der Waals surface area (Å²) in [5, 5.41) is 13.2. The van der Waals surface area contributed by atoms with E-state index in [-0.39, 0.29) is 6.10 Å². The van der Waals surface area contributed by atoms with Crippen molar-refractivity contribution in [1.82, 2.24) is 5.32 Å². The Hall–Kier alpha value is -0.120. The number of aliphatic hydroxyl groups is 1. The average molecular weight is 199 g/mol. The molecule has 0 bridgehead atoms. The second kappa shape index (κ2) is 4.60. The predicted octanol–water partition coefficient (Wildman–Crippen LogP) is 1.06. The van der Waals surface area contributed by atoms with Gasteiger partial charge in [0.25, 0.3) is 0 Å². The van der Waals surface area contributed by atoms with E-state index >= 15 is 0 Å². The van der Waals surface area contributed by atoms with Crippen molar-refractivity contribution in [3.8, 4) is 0 Å². The molecular weight excluding hydrogens is 178 g/mol. The Morgan fingerprint density at radius 3 is 2.64 bits per heavy atom. The van der Waals surface area contributed by atoms with Crippen LogP contribution >= 0.6 is 0 Å². The van der Waals surface area contributed by atoms with E-state index in [1.807, 2.05) is 0 Å². The van der Waals surface area contributed by atoms with Crippen molar-refractivity contribution in [3.05, 3.63) is 0 Å². The number of hydrogen-bond donors (Lipinski definition) is 2. The number of nitrogens with one attached hydrogen (secondary N) is 1. The molecule has 0 aromatic heterocycles. The topological polar surface area (TPSA) is 41.5 Å². The Balaban J connectivity index is 1.75. The van der Waals surface area contributed by atoms with Crippen LogP contribution in [0.5, 0.6) is 0 Å². The fourth-order valence-electron chi connectivity index (χ4n) is 2.74. The summed E-state index contributed by atoms with van der Waals surface area (Å²) in [4.78, 5) is 0. The molecule has 0 aromatic carbocycles. The van der Waals surface area contributed by atoms with Gasteiger partial charge < -0.3 is 15.2 Å². The van der Waals surface area contributed by atoms with Gasteiger partial charge in [0.2, 0.25) is 0 Å². The van der Waals surface area contributed by atoms with Crippen LogP contribution in [0, 0.1) is 0 Å². The second-order valence-electron chi connectivity index (χ2n) is 4.64. The minimum absolute atomic E-state index is 0.114. The van der Waals surface area contributed by atoms with E-state index in [1.165, 1.54) is 12.8 Å². The molecule has 3 nitrogen and oxygen atoms in total. The minimum atomic E-state index is -0.114. The third-order valence-electron chi connectivity index (χ3n) is 3.65. The van der Waals surface area contributed by atoms with E-state index in [2.05, 4.69) is 5.32 Å². The Bertz CT molecular complexity index is 186. The van der Waals surface area contributed by atoms with Crippen molar-refractivity contribution >= 4 is 0 Å². The van der Waals surface area contributed by atoms with Crippen molar-refractivity contribution < 1.29 is 9.84 Å². The summed E-state index contributed by atoms with van der Waals surface area (Å²) in [5.74, 6) is 0. The highest BCUT2D eigenvalue weighted by molar-refractivity contribution is 4.89. The quantitative estimate of drug-likeness (QED) is 0.714. The lowest BCUT2D eigenvalue weighted by Gasteiger charge is -2.21. The summed E-state index contributed by atoms with van der Waals surface area (Å²) in [6.07, 6.45) is 7.06. The molecule has 2 unspecified atom stereocenters. The van der Waals surface area contributed by atoms with Crippen molar-refractivity contribution in [1.29, 1.82) is 0 Å². The van der Waals surface area contributed by atoms with E-state index in [0.717, 1.165) is 25.7 Å². The zero-order valence-corrected chi connectivity index (χ0v) is 8.91. The first-order chi connectivity index (χ1) is 6.79. The summed E-state index contributed by atoms with van der Waals surface area (Å²) in [6.45, 7) is 0. The smallest absolute Gasteiger partial charge is 0.0693 e. The van der Waals surface area contributed by atoms with Crippen LogP contribution in [0.3, 0.4) is 0 Å². The monoisotopic (exact) mass is 199 g/mol. The van der Waals surface area contributed by atoms with Gasteiger partial charge in [-0.3, -0.25) is 0 Å². The van der Waals surface area contributed by atoms with Crippen molar-refractivity contribution in [2.24, 2.45) is 0 Å². The molecular formula is C11H21NO2. The highest BCUT2D eigenvalue weighted by Gasteiger charge is 2.31. The maximum atomic E-state index is 9.68. The molecule has 4 atom stereocenters. The molecule has 0 spiro atoms. The van der Waals surface area contributed by atoms with Crippen LogP contribution in [0.15, 0.2) is 0 Å². The van der Waals surface area contributed by atoms with Gasteiger partial charge in [-0.25, -0.2) is 0 Å². The lowest BCUT2D eigenvalue weighted by Crippen LogP contribution is -2.41. The highest BCUT2D eigenvalue weighted by Crippen LogP contribution is 2.25. The fraction of sp³-hybridized carbons (Fsp3) is 1.00. The Morgan fingerprint density at radius 2 is 2.07 bits per heavy atom. The second-order valence-corrected chi connectivity index (χ2v) is 4.64. The van der Waals surface area contributed by atoms with E-state index in [4.69, 9.17) is 4.74 Å². The predicted molar refractivity (Wildman–Crippen MR) is 55.2 cm³/mol. The van der Waals surface area contributed by atoms with Gasteiger partial charge in [0.15, 0.2) is 0 Å². The Labute approximate surface area is 85.8 Å². The van der Waals surface area contributed by atoms with Gasteiger partial charge >= 0.3 is 0 Å². The normalized spacial score (nSPS) is 43.3. The first-order valence-corrected chi connectivity index (χ1v) is 5.76. The van der Waals surface area contributed by atoms with Crippen molar-refractivity contribution in [2.75, 3.05) is 7.11 Å². The van der Waals surface area contributed by atoms with Crippen LogP contribution in [0.4, 0.5) is 0 Å². The van der Waals surface area contributed by atoms with E-state index in [0.29, 0.717) is 18.2 Å². The maximum Gasteiger partial charge on any atom is 0.0693 e. The zero-order chi connectivity index (χ0) is 9.97. The molecule has 3 heteroatoms. The largest absolute Gasteiger partial charge is 0.392 e. The van der Waals surface area contributed by atoms with Crippen molar-refractivity contribution in [2.45, 2.75) is 62.8 Å². The fourth-order valence-corrected chi connectivity index (χ4v) is 2.74. The number of aliphatic hydroxyl groups excluding tert-OH is 1. The van der Waals surface area contributed by atoms with Gasteiger partial charge in [-0.1, -0.05) is 0 Å². The number of rotatable bonds is 3. The van der Waals surface area contributed by atoms with Gasteiger partial charge in [-0.2, -0.15) is 0 Å². The van der Waals surface area contributed by atoms with Crippen molar-refractivity contribution in [3.63, 3.8) is 0 Å². The number of ether oxygens (including phenoxy) is 1. The van der Waals surface area contributed by atoms with Crippen LogP contribution in [0.25, 0.3) is 0 Å². The first kappa shape index (κ1) is 10.4. The Morgan fingerprint density at radius 1 is 1.21 bits per heavy atom. The average Bonchev–Trinajstić information content (AvgIpc) is 2.77. The van der Waals surface area contributed by atoms with Crippen LogP contribution in [0.2, 0.25) is 0 Å². The molecule has 0 aliphatic heterocycles. The third kappa shape index (κ3) is 2.27. The minimum Gasteiger partial charge on any atom is -0.392 e. The van der Waals surface area contributed by atoms with E-state index < -0.39 is 0 Å². The van der Waals surface area contributed by atoms with E-state index in [1.54, 1.807) is 7.11 Å². The van der Waals surface area contributed by atoms with Gasteiger partial charge in [0, 0.05) is 19.2 Å². The molecule has 14 heavy (non-hydrogen) atoms. The number of methoxy groups -OCH3 is 1. The molecule has 0 amide bonds. The van der Waals surface area contributed by atoms with Gasteiger partial charge in [-0.05, 0) is 38.5 Å². The molecule has 2 aliphatic rings. The first-order valence-electron chi connectivity index (χ1n) is 5.76. The standard InChI is InChI=1S/C11H21NO2/c1-14-9-6-5-8(7-9)12-10-3-2-4-11(10)13/h8-13H,2-7H2,1H3/t8?,9?,10-,11-/m0/s1. The molecule has 2 fully saturated rings. The van der Waals surface area contributed by atoms with Crippen LogP contribution in [-0.2, 0) is 4.74 Å². The SMILES string of the molecule is COC1CCC(N[C@H]2CCC[C@@H]2O)C1. The summed E-state index contributed by atoms with van der Waals surface area (Å²) in [7, 11) is 1.79. The zero-order valence-electron chi connectivity index (χ0n) is 8.91. The molecule has 0 aromatic rings. The molecule has 82 valence electrons. The Kier molecular flexibility index (Phi) is 3.42. The summed E-state index contributed by atoms with van der Waals surface area (Å²) in [6, 6.07) is 0.910. The third-order valence-corrected chi connectivity index (χ3v) is 3.65. The van der Waals surface area contributed by atoms with Crippen LogP contribution in [-0.4, -0.2) is 36.5 Å². The molecule has 2 saturated carbocycles. The number of hydrogen-bond acceptors (Lipinski definition) is 3. The molecule has 2 rings (SSSR count). The molecule has 0 heterocycles. The maximum absolute atomic E-state index is 9.68. The van der Waals surface area contributed by atoms with Gasteiger partial charge in [0.1, 0.15) is 0 Å². The van der Waals surface area contributed by atoms with Gasteiger partial charge in [-0.15, -0.1) is 0 Å². The highest BCUT2D eigenvalue weighted by atomic mass is 16.5. The van der Waals surface area contributed by atoms with Gasteiger partial charge in [0.05, 0.1) is 12.2 Å².